The van der Waals surface area contributed by atoms with Crippen molar-refractivity contribution in [3.05, 3.63) is 23.2 Å². The number of fused-ring (bicyclic) bond motifs is 2. The van der Waals surface area contributed by atoms with Gasteiger partial charge < -0.3 is 44.2 Å². The quantitative estimate of drug-likeness (QED) is 0.146. The van der Waals surface area contributed by atoms with Crippen LogP contribution >= 0.6 is 37.5 Å². The van der Waals surface area contributed by atoms with Crippen LogP contribution in [0.5, 0.6) is 0 Å². The summed E-state index contributed by atoms with van der Waals surface area (Å²) < 4.78 is 49.9. The SMILES string of the molecule is CP(C)(=O)CO[C@H]1O[C@@H](n2cnc3c(N)nc(Cl)nc32)C[C@@H]1O.C[C@H]1C[C@H](n2cnc3c(NC(=O)C(C)(C)C)nc(Cl)nc32)O[C@@H]1OCP(C)(C)=O. The van der Waals surface area contributed by atoms with Gasteiger partial charge in [0, 0.05) is 24.2 Å². The minimum atomic E-state index is -2.36. The minimum Gasteiger partial charge on any atom is -0.388 e. The van der Waals surface area contributed by atoms with Crippen molar-refractivity contribution < 1.29 is 38.0 Å². The normalized spacial score (nSPS) is 24.0. The molecule has 18 nitrogen and oxygen atoms in total. The molecule has 4 aromatic heterocycles. The molecule has 6 atom stereocenters. The maximum atomic E-state index is 12.4. The molecule has 2 saturated heterocycles. The second kappa shape index (κ2) is 15.5. The van der Waals surface area contributed by atoms with E-state index in [9.17, 15) is 19.0 Å². The maximum absolute atomic E-state index is 12.4. The van der Waals surface area contributed by atoms with E-state index in [0.29, 0.717) is 28.7 Å². The molecule has 0 unspecified atom stereocenters. The lowest BCUT2D eigenvalue weighted by molar-refractivity contribution is -0.165. The highest BCUT2D eigenvalue weighted by Gasteiger charge is 2.38. The zero-order valence-corrected chi connectivity index (χ0v) is 33.4. The first-order chi connectivity index (χ1) is 24.1. The number of nitrogens with one attached hydrogen (secondary N) is 1. The smallest absolute Gasteiger partial charge is 0.230 e. The number of nitrogen functional groups attached to an aromatic ring is 1. The highest BCUT2D eigenvalue weighted by Crippen LogP contribution is 2.41. The summed E-state index contributed by atoms with van der Waals surface area (Å²) in [5.41, 5.74) is 6.88. The average molecular weight is 806 g/mol. The monoisotopic (exact) mass is 804 g/mol. The van der Waals surface area contributed by atoms with Gasteiger partial charge in [0.15, 0.2) is 41.0 Å². The van der Waals surface area contributed by atoms with Crippen molar-refractivity contribution in [2.24, 2.45) is 11.3 Å². The van der Waals surface area contributed by atoms with Gasteiger partial charge in [0.1, 0.15) is 51.1 Å². The fourth-order valence-electron chi connectivity index (χ4n) is 5.21. The van der Waals surface area contributed by atoms with E-state index in [1.165, 1.54) is 6.33 Å². The Labute approximate surface area is 310 Å². The Hall–Kier alpha value is -2.79. The van der Waals surface area contributed by atoms with Crippen LogP contribution in [0.3, 0.4) is 0 Å². The maximum Gasteiger partial charge on any atom is 0.230 e. The molecule has 0 aliphatic carbocycles. The summed E-state index contributed by atoms with van der Waals surface area (Å²) in [6, 6.07) is 0. The first-order valence-corrected chi connectivity index (χ1v) is 22.6. The number of carbonyl (C=O) groups is 1. The molecule has 6 heterocycles. The first-order valence-electron chi connectivity index (χ1n) is 16.3. The Morgan fingerprint density at radius 2 is 1.40 bits per heavy atom. The number of nitrogens with two attached hydrogens (primary N) is 1. The van der Waals surface area contributed by atoms with E-state index in [0.717, 1.165) is 0 Å². The molecule has 0 radical (unpaired) electrons. The van der Waals surface area contributed by atoms with E-state index < -0.39 is 44.6 Å². The van der Waals surface area contributed by atoms with E-state index in [-0.39, 0.29) is 59.4 Å². The zero-order valence-electron chi connectivity index (χ0n) is 30.1. The third-order valence-corrected chi connectivity index (χ3v) is 9.71. The van der Waals surface area contributed by atoms with Crippen molar-refractivity contribution >= 4 is 77.4 Å². The largest absolute Gasteiger partial charge is 0.388 e. The van der Waals surface area contributed by atoms with E-state index >= 15 is 0 Å². The molecule has 2 fully saturated rings. The molecule has 0 spiro atoms. The lowest BCUT2D eigenvalue weighted by Gasteiger charge is -2.18. The molecule has 6 rings (SSSR count). The van der Waals surface area contributed by atoms with Gasteiger partial charge in [-0.1, -0.05) is 27.7 Å². The third kappa shape index (κ3) is 9.84. The number of aliphatic hydroxyl groups is 1. The van der Waals surface area contributed by atoms with Crippen molar-refractivity contribution in [2.75, 3.05) is 50.4 Å². The summed E-state index contributed by atoms with van der Waals surface area (Å²) in [4.78, 5) is 37.3. The van der Waals surface area contributed by atoms with Gasteiger partial charge in [-0.25, -0.2) is 9.97 Å². The van der Waals surface area contributed by atoms with Crippen molar-refractivity contribution in [2.45, 2.75) is 71.7 Å². The molecule has 0 bridgehead atoms. The number of anilines is 2. The van der Waals surface area contributed by atoms with E-state index in [2.05, 4.69) is 35.2 Å². The fourth-order valence-corrected chi connectivity index (χ4v) is 6.56. The van der Waals surface area contributed by atoms with Crippen LogP contribution in [0.15, 0.2) is 12.7 Å². The van der Waals surface area contributed by atoms with Gasteiger partial charge in [0.25, 0.3) is 0 Å². The number of rotatable bonds is 9. The van der Waals surface area contributed by atoms with Crippen LogP contribution in [-0.2, 0) is 32.9 Å². The summed E-state index contributed by atoms with van der Waals surface area (Å²) in [7, 11) is -4.67. The van der Waals surface area contributed by atoms with Crippen LogP contribution in [0.25, 0.3) is 22.3 Å². The van der Waals surface area contributed by atoms with Gasteiger partial charge in [-0.15, -0.1) is 0 Å². The second-order valence-corrected chi connectivity index (χ2v) is 22.2. The van der Waals surface area contributed by atoms with Crippen molar-refractivity contribution in [1.29, 1.82) is 0 Å². The van der Waals surface area contributed by atoms with Crippen molar-refractivity contribution in [3.63, 3.8) is 0 Å². The van der Waals surface area contributed by atoms with Gasteiger partial charge in [-0.05, 0) is 49.9 Å². The number of aromatic nitrogens is 8. The average Bonchev–Trinajstić information content (AvgIpc) is 3.79. The lowest BCUT2D eigenvalue weighted by atomic mass is 9.96. The molecule has 2 aliphatic heterocycles. The summed E-state index contributed by atoms with van der Waals surface area (Å²) in [6.45, 7) is 14.0. The Balaban J connectivity index is 0.000000206. The molecule has 286 valence electrons. The van der Waals surface area contributed by atoms with Gasteiger partial charge >= 0.3 is 0 Å². The van der Waals surface area contributed by atoms with Gasteiger partial charge in [0.05, 0.1) is 12.7 Å². The van der Waals surface area contributed by atoms with Gasteiger partial charge in [0.2, 0.25) is 16.5 Å². The van der Waals surface area contributed by atoms with Gasteiger partial charge in [-0.3, -0.25) is 13.9 Å². The van der Waals surface area contributed by atoms with Crippen LogP contribution in [0, 0.1) is 11.3 Å². The zero-order chi connectivity index (χ0) is 38.3. The molecule has 1 amide bonds. The van der Waals surface area contributed by atoms with Crippen LogP contribution < -0.4 is 11.1 Å². The second-order valence-electron chi connectivity index (χ2n) is 14.7. The van der Waals surface area contributed by atoms with E-state index in [4.69, 9.17) is 47.9 Å². The van der Waals surface area contributed by atoms with Gasteiger partial charge in [-0.2, -0.15) is 19.9 Å². The number of nitrogens with zero attached hydrogens (tertiary/aromatic N) is 8. The first kappa shape index (κ1) is 40.4. The molecule has 0 aromatic carbocycles. The summed E-state index contributed by atoms with van der Waals surface area (Å²) in [6.07, 6.45) is 1.13. The molecular formula is C30H44Cl2N10O8P2. The Kier molecular flexibility index (Phi) is 12.1. The van der Waals surface area contributed by atoms with Crippen LogP contribution in [-0.4, -0.2) is 108 Å². The summed E-state index contributed by atoms with van der Waals surface area (Å²) >= 11 is 11.9. The van der Waals surface area contributed by atoms with E-state index in [1.54, 1.807) is 62.9 Å². The minimum absolute atomic E-state index is 0.000194. The topological polar surface area (TPSA) is 234 Å². The number of hydrogen-bond donors (Lipinski definition) is 3. The fraction of sp³-hybridized carbons (Fsp3) is 0.633. The highest BCUT2D eigenvalue weighted by atomic mass is 35.5. The Bertz CT molecular complexity index is 2030. The van der Waals surface area contributed by atoms with Crippen molar-refractivity contribution in [1.82, 2.24) is 39.0 Å². The molecular weight excluding hydrogens is 761 g/mol. The standard InChI is InChI=1S/C18H27ClN5O4P.C12H17ClN5O4P/c1-10-7-11(28-15(10)27-9-29(5,6)26)24-8-20-12-13(21-16(25)18(2,3)4)22-17(19)23-14(12)24;1-23(2,20)5-21-11-6(19)3-7(22-11)18-4-15-8-9(14)16-12(13)17-10(8)18/h8,10-11,15H,7,9H2,1-6H3,(H,21,22,23,25);4,6-7,11,19H,3,5H2,1-2H3,(H2,14,16,17)/t10-,11+,15-;6-,7+,11-/m00/s1. The number of amides is 1. The summed E-state index contributed by atoms with van der Waals surface area (Å²) in [5, 5.41) is 12.9. The molecule has 52 heavy (non-hydrogen) atoms. The summed E-state index contributed by atoms with van der Waals surface area (Å²) in [5.74, 6) is 0.325. The Morgan fingerprint density at radius 1 is 0.904 bits per heavy atom. The lowest BCUT2D eigenvalue weighted by Crippen LogP contribution is -2.28. The van der Waals surface area contributed by atoms with Crippen molar-refractivity contribution in [3.8, 4) is 0 Å². The third-order valence-electron chi connectivity index (χ3n) is 7.83. The molecule has 22 heteroatoms. The molecule has 0 saturated carbocycles. The number of ether oxygens (including phenoxy) is 4. The molecule has 4 aromatic rings. The van der Waals surface area contributed by atoms with E-state index in [1.807, 2.05) is 6.92 Å². The highest BCUT2D eigenvalue weighted by molar-refractivity contribution is 7.62. The number of aliphatic hydroxyl groups excluding tert-OH is 1. The molecule has 2 aliphatic rings. The number of carbonyl (C=O) groups excluding carboxylic acids is 1. The van der Waals surface area contributed by atoms with Crippen LogP contribution in [0.4, 0.5) is 11.6 Å². The Morgan fingerprint density at radius 3 is 1.98 bits per heavy atom. The molecule has 4 N–H and O–H groups in total. The van der Waals surface area contributed by atoms with Crippen LogP contribution in [0.2, 0.25) is 10.6 Å². The predicted molar refractivity (Wildman–Crippen MR) is 196 cm³/mol. The predicted octanol–water partition coefficient (Wildman–Crippen LogP) is 5.21. The number of imidazole rings is 2. The number of halogens is 2. The number of hydrogen-bond acceptors (Lipinski definition) is 15. The van der Waals surface area contributed by atoms with Crippen LogP contribution in [0.1, 0.15) is 53.0 Å².